The van der Waals surface area contributed by atoms with Crippen LogP contribution in [-0.4, -0.2) is 14.4 Å². The van der Waals surface area contributed by atoms with E-state index in [9.17, 15) is 18.3 Å². The van der Waals surface area contributed by atoms with Gasteiger partial charge in [-0.3, -0.25) is 4.79 Å². The zero-order valence-electron chi connectivity index (χ0n) is 16.4. The molecule has 30 heavy (non-hydrogen) atoms. The third kappa shape index (κ3) is 4.18. The van der Waals surface area contributed by atoms with Crippen LogP contribution in [0, 0.1) is 10.8 Å². The Hall–Kier alpha value is -3.64. The smallest absolute Gasteiger partial charge is 0.378 e. The van der Waals surface area contributed by atoms with Crippen molar-refractivity contribution in [2.24, 2.45) is 5.41 Å². The highest BCUT2D eigenvalue weighted by Gasteiger charge is 2.24. The van der Waals surface area contributed by atoms with Crippen LogP contribution in [0.25, 0.3) is 15.7 Å². The average Bonchev–Trinajstić information content (AvgIpc) is 2.68. The van der Waals surface area contributed by atoms with Crippen molar-refractivity contribution in [1.29, 1.82) is 5.39 Å². The number of ether oxygens (including phenoxy) is 1. The molecule has 3 rings (SSSR count). The summed E-state index contributed by atoms with van der Waals surface area (Å²) in [6, 6.07) is 12.3. The molecule has 0 bridgehead atoms. The second-order valence-electron chi connectivity index (χ2n) is 7.51. The van der Waals surface area contributed by atoms with Crippen molar-refractivity contribution in [3.63, 3.8) is 0 Å². The average molecular weight is 426 g/mol. The molecule has 0 saturated heterocycles. The van der Waals surface area contributed by atoms with Crippen molar-refractivity contribution < 1.29 is 27.2 Å². The minimum absolute atomic E-state index is 0.00638. The molecule has 0 heterocycles. The molecule has 3 aromatic rings. The van der Waals surface area contributed by atoms with Crippen LogP contribution >= 0.6 is 0 Å². The van der Waals surface area contributed by atoms with E-state index in [2.05, 4.69) is 4.98 Å². The fraction of sp³-hybridized carbons (Fsp3) is 0.190. The second-order valence-corrected chi connectivity index (χ2v) is 9.03. The molecule has 3 aromatic carbocycles. The van der Waals surface area contributed by atoms with Gasteiger partial charge in [0.05, 0.1) is 5.41 Å². The Kier molecular flexibility index (Phi) is 5.37. The maximum Gasteiger partial charge on any atom is 0.378 e. The third-order valence-corrected chi connectivity index (χ3v) is 5.49. The van der Waals surface area contributed by atoms with Crippen LogP contribution in [0.5, 0.6) is 17.2 Å². The first-order valence-electron chi connectivity index (χ1n) is 8.87. The highest BCUT2D eigenvalue weighted by Crippen LogP contribution is 2.36. The molecule has 8 nitrogen and oxygen atoms in total. The van der Waals surface area contributed by atoms with E-state index >= 15 is 0 Å². The molecule has 0 spiro atoms. The van der Waals surface area contributed by atoms with Gasteiger partial charge in [0.1, 0.15) is 16.4 Å². The van der Waals surface area contributed by atoms with Gasteiger partial charge < -0.3 is 14.0 Å². The Morgan fingerprint density at radius 3 is 2.20 bits per heavy atom. The maximum absolute atomic E-state index is 12.8. The van der Waals surface area contributed by atoms with Crippen molar-refractivity contribution in [1.82, 2.24) is 0 Å². The predicted octanol–water partition coefficient (Wildman–Crippen LogP) is 4.12. The summed E-state index contributed by atoms with van der Waals surface area (Å²) in [5, 5.41) is 21.4. The standard InChI is InChI=1S/C21H18N2O6S/c1-21(2,3)20(25)28-13-7-9-14(10-8-13)29-30(26,27)18-6-4-5-16-15(18)11-12-17(23-22)19(16)24/h4-12H,1-3H3. The molecule has 0 radical (unpaired) electrons. The molecule has 0 N–H and O–H groups in total. The van der Waals surface area contributed by atoms with Crippen LogP contribution in [0.3, 0.4) is 0 Å². The van der Waals surface area contributed by atoms with Crippen molar-refractivity contribution >= 4 is 32.5 Å². The van der Waals surface area contributed by atoms with Gasteiger partial charge in [-0.15, -0.1) is 0 Å². The minimum atomic E-state index is -4.28. The van der Waals surface area contributed by atoms with Crippen LogP contribution in [-0.2, 0) is 14.9 Å². The van der Waals surface area contributed by atoms with E-state index in [1.807, 2.05) is 0 Å². The number of fused-ring (bicyclic) bond motifs is 1. The van der Waals surface area contributed by atoms with Crippen molar-refractivity contribution in [3.8, 4) is 17.2 Å². The summed E-state index contributed by atoms with van der Waals surface area (Å²) in [4.78, 5) is 14.6. The van der Waals surface area contributed by atoms with Crippen molar-refractivity contribution in [3.05, 3.63) is 59.6 Å². The van der Waals surface area contributed by atoms with Crippen LogP contribution in [0.1, 0.15) is 20.8 Å². The monoisotopic (exact) mass is 426 g/mol. The molecule has 9 heteroatoms. The van der Waals surface area contributed by atoms with Gasteiger partial charge in [-0.2, -0.15) is 8.42 Å². The number of esters is 1. The Bertz CT molecular complexity index is 1270. The molecule has 0 aliphatic carbocycles. The zero-order chi connectivity index (χ0) is 22.1. The molecule has 0 unspecified atom stereocenters. The van der Waals surface area contributed by atoms with Gasteiger partial charge in [0.2, 0.25) is 5.39 Å². The lowest BCUT2D eigenvalue weighted by Gasteiger charge is -2.16. The largest absolute Gasteiger partial charge is 0.867 e. The summed E-state index contributed by atoms with van der Waals surface area (Å²) >= 11 is 0. The number of hydrogen-bond acceptors (Lipinski definition) is 7. The highest BCUT2D eigenvalue weighted by atomic mass is 32.2. The Morgan fingerprint density at radius 1 is 0.967 bits per heavy atom. The van der Waals surface area contributed by atoms with Crippen LogP contribution in [0.4, 0.5) is 5.69 Å². The van der Waals surface area contributed by atoms with Crippen molar-refractivity contribution in [2.75, 3.05) is 0 Å². The fourth-order valence-electron chi connectivity index (χ4n) is 2.58. The third-order valence-electron chi connectivity index (χ3n) is 4.18. The summed E-state index contributed by atoms with van der Waals surface area (Å²) in [6.45, 7) is 5.15. The number of diazo groups is 1. The molecule has 0 atom stereocenters. The molecule has 0 aliphatic heterocycles. The maximum atomic E-state index is 12.8. The summed E-state index contributed by atoms with van der Waals surface area (Å²) in [6.07, 6.45) is 0. The summed E-state index contributed by atoms with van der Waals surface area (Å²) in [5.74, 6) is -0.771. The predicted molar refractivity (Wildman–Crippen MR) is 107 cm³/mol. The summed E-state index contributed by atoms with van der Waals surface area (Å²) in [5.41, 5.74) is -0.880. The van der Waals surface area contributed by atoms with E-state index in [-0.39, 0.29) is 32.9 Å². The molecular formula is C21H18N2O6S. The Labute approximate surface area is 173 Å². The summed E-state index contributed by atoms with van der Waals surface area (Å²) in [7, 11) is -4.28. The number of nitrogens with zero attached hydrogens (tertiary/aromatic N) is 2. The molecule has 154 valence electrons. The normalized spacial score (nSPS) is 11.7. The minimum Gasteiger partial charge on any atom is -0.867 e. The van der Waals surface area contributed by atoms with E-state index in [1.54, 1.807) is 20.8 Å². The molecule has 0 amide bonds. The number of hydrogen-bond donors (Lipinski definition) is 0. The van der Waals surface area contributed by atoms with E-state index in [1.165, 1.54) is 54.6 Å². The van der Waals surface area contributed by atoms with Gasteiger partial charge in [-0.1, -0.05) is 12.1 Å². The lowest BCUT2D eigenvalue weighted by molar-refractivity contribution is -0.264. The van der Waals surface area contributed by atoms with Gasteiger partial charge in [0.15, 0.2) is 4.98 Å². The quantitative estimate of drug-likeness (QED) is 0.266. The van der Waals surface area contributed by atoms with E-state index < -0.39 is 27.3 Å². The number of benzene rings is 3. The molecule has 0 aliphatic rings. The Morgan fingerprint density at radius 2 is 1.60 bits per heavy atom. The molecule has 0 fully saturated rings. The van der Waals surface area contributed by atoms with Crippen LogP contribution in [0.15, 0.2) is 59.5 Å². The second kappa shape index (κ2) is 7.65. The van der Waals surface area contributed by atoms with Crippen molar-refractivity contribution in [2.45, 2.75) is 25.7 Å². The SMILES string of the molecule is CC(C)(C)C(=O)Oc1ccc(OS(=O)(=O)c2cccc3c([O-])c([N+]#N)ccc23)cc1. The highest BCUT2D eigenvalue weighted by molar-refractivity contribution is 7.87. The first-order valence-corrected chi connectivity index (χ1v) is 10.3. The number of rotatable bonds is 4. The van der Waals surface area contributed by atoms with Gasteiger partial charge in [-0.05, 0) is 68.3 Å². The van der Waals surface area contributed by atoms with Crippen LogP contribution in [0.2, 0.25) is 0 Å². The lowest BCUT2D eigenvalue weighted by atomic mass is 9.97. The number of carbonyl (C=O) groups excluding carboxylic acids is 1. The zero-order valence-corrected chi connectivity index (χ0v) is 17.3. The van der Waals surface area contributed by atoms with Gasteiger partial charge >= 0.3 is 21.8 Å². The molecular weight excluding hydrogens is 408 g/mol. The first-order chi connectivity index (χ1) is 14.0. The summed E-state index contributed by atoms with van der Waals surface area (Å²) < 4.78 is 36.0. The Balaban J connectivity index is 1.90. The van der Waals surface area contributed by atoms with E-state index in [0.717, 1.165) is 0 Å². The van der Waals surface area contributed by atoms with Gasteiger partial charge in [-0.25, -0.2) is 0 Å². The van der Waals surface area contributed by atoms with E-state index in [0.29, 0.717) is 0 Å². The van der Waals surface area contributed by atoms with Crippen LogP contribution < -0.4 is 14.0 Å². The van der Waals surface area contributed by atoms with E-state index in [4.69, 9.17) is 14.3 Å². The number of carbonyl (C=O) groups is 1. The topological polar surface area (TPSA) is 121 Å². The molecule has 0 saturated carbocycles. The fourth-order valence-corrected chi connectivity index (χ4v) is 3.73. The lowest BCUT2D eigenvalue weighted by Crippen LogP contribution is -2.25. The molecule has 0 aromatic heterocycles. The first kappa shape index (κ1) is 21.1. The van der Waals surface area contributed by atoms with Gasteiger partial charge in [0.25, 0.3) is 0 Å². The van der Waals surface area contributed by atoms with Gasteiger partial charge in [0, 0.05) is 11.5 Å².